The zero-order valence-electron chi connectivity index (χ0n) is 11.8. The van der Waals surface area contributed by atoms with Crippen molar-refractivity contribution < 1.29 is 9.63 Å². The highest BCUT2D eigenvalue weighted by Gasteiger charge is 2.22. The maximum atomic E-state index is 12.5. The van der Waals surface area contributed by atoms with Crippen LogP contribution in [0.25, 0.3) is 6.08 Å². The molecule has 1 aliphatic rings. The average molecular weight is 331 g/mol. The summed E-state index contributed by atoms with van der Waals surface area (Å²) in [6.45, 7) is 0. The number of fused-ring (bicyclic) bond motifs is 1. The fourth-order valence-corrected chi connectivity index (χ4v) is 3.60. The van der Waals surface area contributed by atoms with Gasteiger partial charge in [-0.05, 0) is 33.9 Å². The van der Waals surface area contributed by atoms with Crippen molar-refractivity contribution in [1.82, 2.24) is 4.98 Å². The Kier molecular flexibility index (Phi) is 4.26. The number of benzene rings is 1. The van der Waals surface area contributed by atoms with Crippen LogP contribution < -0.4 is 5.73 Å². The fourth-order valence-electron chi connectivity index (χ4n) is 2.16. The van der Waals surface area contributed by atoms with E-state index in [1.165, 1.54) is 24.0 Å². The molecule has 0 atom stereocenters. The molecule has 1 aliphatic carbocycles. The number of thiazole rings is 1. The first-order chi connectivity index (χ1) is 10.7. The molecule has 0 unspecified atom stereocenters. The number of allylic oxidation sites excluding steroid dienone is 1. The molecule has 3 rings (SSSR count). The van der Waals surface area contributed by atoms with Crippen molar-refractivity contribution in [2.24, 2.45) is 5.16 Å². The van der Waals surface area contributed by atoms with E-state index in [1.54, 1.807) is 5.38 Å². The molecule has 112 valence electrons. The maximum absolute atomic E-state index is 12.5. The van der Waals surface area contributed by atoms with Crippen LogP contribution >= 0.6 is 23.1 Å². The summed E-state index contributed by atoms with van der Waals surface area (Å²) in [5, 5.41) is 5.69. The number of rotatable bonds is 4. The molecule has 1 aromatic carbocycles. The van der Waals surface area contributed by atoms with Gasteiger partial charge in [0.25, 0.3) is 0 Å². The molecule has 0 radical (unpaired) electrons. The number of aromatic nitrogens is 1. The molecular weight excluding hydrogens is 318 g/mol. The van der Waals surface area contributed by atoms with Gasteiger partial charge in [-0.2, -0.15) is 0 Å². The van der Waals surface area contributed by atoms with Gasteiger partial charge in [-0.3, -0.25) is 4.79 Å². The Labute approximate surface area is 135 Å². The number of carbonyl (C=O) groups excluding carboxylic acids is 1. The summed E-state index contributed by atoms with van der Waals surface area (Å²) in [5.41, 5.74) is 8.61. The van der Waals surface area contributed by atoms with E-state index < -0.39 is 0 Å². The van der Waals surface area contributed by atoms with Crippen molar-refractivity contribution in [2.75, 3.05) is 12.8 Å². The minimum Gasteiger partial charge on any atom is -0.398 e. The van der Waals surface area contributed by atoms with Crippen LogP contribution in [0.2, 0.25) is 0 Å². The predicted molar refractivity (Wildman–Crippen MR) is 90.8 cm³/mol. The number of carbonyl (C=O) groups is 1. The lowest BCUT2D eigenvalue weighted by molar-refractivity contribution is -0.105. The number of oxime groups is 1. The van der Waals surface area contributed by atoms with E-state index in [4.69, 9.17) is 10.6 Å². The number of nitrogen functional groups attached to an aromatic ring is 1. The standard InChI is InChI=1S/C15H13N3O2S2/c1-20-18-13(12-8-21-15(16)17-12)14(19)22-11-6-9-4-2-3-5-10(9)7-11/h2-6,8H,7H2,1H3,(H2,16,17)/b18-13+. The molecule has 0 aliphatic heterocycles. The number of nitrogens with two attached hydrogens (primary N) is 1. The third-order valence-corrected chi connectivity index (χ3v) is 4.68. The van der Waals surface area contributed by atoms with Crippen molar-refractivity contribution in [3.8, 4) is 0 Å². The van der Waals surface area contributed by atoms with Crippen LogP contribution in [0.5, 0.6) is 0 Å². The second-order valence-electron chi connectivity index (χ2n) is 4.57. The van der Waals surface area contributed by atoms with Gasteiger partial charge in [-0.15, -0.1) is 11.3 Å². The minimum absolute atomic E-state index is 0.178. The normalized spacial score (nSPS) is 13.7. The highest BCUT2D eigenvalue weighted by atomic mass is 32.2. The van der Waals surface area contributed by atoms with Crippen molar-refractivity contribution in [3.63, 3.8) is 0 Å². The third kappa shape index (κ3) is 3.05. The number of hydrogen-bond acceptors (Lipinski definition) is 7. The van der Waals surface area contributed by atoms with Gasteiger partial charge in [-0.25, -0.2) is 4.98 Å². The molecule has 5 nitrogen and oxygen atoms in total. The molecule has 0 saturated heterocycles. The smallest absolute Gasteiger partial charge is 0.247 e. The van der Waals surface area contributed by atoms with E-state index in [1.807, 2.05) is 24.3 Å². The topological polar surface area (TPSA) is 77.6 Å². The Morgan fingerprint density at radius 3 is 2.95 bits per heavy atom. The molecule has 22 heavy (non-hydrogen) atoms. The quantitative estimate of drug-likeness (QED) is 0.688. The van der Waals surface area contributed by atoms with Gasteiger partial charge in [0.2, 0.25) is 5.12 Å². The Hall–Kier alpha value is -2.12. The molecule has 1 aromatic heterocycles. The van der Waals surface area contributed by atoms with E-state index in [-0.39, 0.29) is 10.8 Å². The Bertz CT molecular complexity index is 781. The highest BCUT2D eigenvalue weighted by Crippen LogP contribution is 2.33. The number of hydrogen-bond donors (Lipinski definition) is 1. The predicted octanol–water partition coefficient (Wildman–Crippen LogP) is 2.93. The van der Waals surface area contributed by atoms with Crippen LogP contribution in [0.4, 0.5) is 5.13 Å². The lowest BCUT2D eigenvalue weighted by atomic mass is 10.1. The molecule has 0 fully saturated rings. The molecule has 2 aromatic rings. The molecule has 0 bridgehead atoms. The van der Waals surface area contributed by atoms with Crippen molar-refractivity contribution in [3.05, 3.63) is 51.4 Å². The number of nitrogens with zero attached hydrogens (tertiary/aromatic N) is 2. The van der Waals surface area contributed by atoms with Crippen molar-refractivity contribution in [1.29, 1.82) is 0 Å². The first kappa shape index (κ1) is 14.8. The number of thioether (sulfide) groups is 1. The summed E-state index contributed by atoms with van der Waals surface area (Å²) < 4.78 is 0. The minimum atomic E-state index is -0.203. The molecule has 2 N–H and O–H groups in total. The van der Waals surface area contributed by atoms with E-state index in [2.05, 4.69) is 16.2 Å². The first-order valence-electron chi connectivity index (χ1n) is 6.50. The lowest BCUT2D eigenvalue weighted by Gasteiger charge is -2.02. The molecule has 7 heteroatoms. The summed E-state index contributed by atoms with van der Waals surface area (Å²) in [4.78, 5) is 22.3. The van der Waals surface area contributed by atoms with Crippen molar-refractivity contribution >= 4 is 45.1 Å². The molecule has 0 spiro atoms. The van der Waals surface area contributed by atoms with Gasteiger partial charge in [0.15, 0.2) is 10.8 Å². The van der Waals surface area contributed by atoms with E-state index in [0.717, 1.165) is 28.7 Å². The molecule has 0 amide bonds. The molecule has 0 saturated carbocycles. The summed E-state index contributed by atoms with van der Waals surface area (Å²) >= 11 is 2.41. The van der Waals surface area contributed by atoms with E-state index in [0.29, 0.717) is 10.8 Å². The molecular formula is C15H13N3O2S2. The summed E-state index contributed by atoms with van der Waals surface area (Å²) in [7, 11) is 1.40. The second-order valence-corrected chi connectivity index (χ2v) is 6.56. The van der Waals surface area contributed by atoms with Crippen LogP contribution in [0.3, 0.4) is 0 Å². The third-order valence-electron chi connectivity index (χ3n) is 3.10. The monoisotopic (exact) mass is 331 g/mol. The van der Waals surface area contributed by atoms with Crippen molar-refractivity contribution in [2.45, 2.75) is 6.42 Å². The van der Waals surface area contributed by atoms with Crippen LogP contribution in [0, 0.1) is 0 Å². The lowest BCUT2D eigenvalue weighted by Crippen LogP contribution is -2.13. The van der Waals surface area contributed by atoms with Gasteiger partial charge in [0.1, 0.15) is 12.8 Å². The fraction of sp³-hybridized carbons (Fsp3) is 0.133. The second kappa shape index (κ2) is 6.33. The Balaban J connectivity index is 1.78. The summed E-state index contributed by atoms with van der Waals surface area (Å²) in [6.07, 6.45) is 2.78. The Morgan fingerprint density at radius 2 is 2.27 bits per heavy atom. The van der Waals surface area contributed by atoms with Gasteiger partial charge in [0.05, 0.1) is 0 Å². The summed E-state index contributed by atoms with van der Waals surface area (Å²) in [6, 6.07) is 8.09. The summed E-state index contributed by atoms with van der Waals surface area (Å²) in [5.74, 6) is 0. The van der Waals surface area contributed by atoms with Gasteiger partial charge < -0.3 is 10.6 Å². The number of anilines is 1. The van der Waals surface area contributed by atoms with E-state index in [9.17, 15) is 4.79 Å². The van der Waals surface area contributed by atoms with Crippen LogP contribution in [-0.2, 0) is 16.1 Å². The van der Waals surface area contributed by atoms with Gasteiger partial charge in [-0.1, -0.05) is 29.4 Å². The van der Waals surface area contributed by atoms with Crippen LogP contribution in [0.15, 0.2) is 39.7 Å². The Morgan fingerprint density at radius 1 is 1.45 bits per heavy atom. The SMILES string of the molecule is CO/N=C(/C(=O)SC1=Cc2ccccc2C1)c1csc(N)n1. The maximum Gasteiger partial charge on any atom is 0.247 e. The average Bonchev–Trinajstić information content (AvgIpc) is 3.10. The zero-order valence-corrected chi connectivity index (χ0v) is 13.4. The van der Waals surface area contributed by atoms with Crippen LogP contribution in [0.1, 0.15) is 16.8 Å². The largest absolute Gasteiger partial charge is 0.398 e. The van der Waals surface area contributed by atoms with Gasteiger partial charge in [0, 0.05) is 11.8 Å². The zero-order chi connectivity index (χ0) is 15.5. The van der Waals surface area contributed by atoms with E-state index >= 15 is 0 Å². The highest BCUT2D eigenvalue weighted by molar-refractivity contribution is 8.18. The van der Waals surface area contributed by atoms with Crippen LogP contribution in [-0.4, -0.2) is 22.9 Å². The molecule has 1 heterocycles. The van der Waals surface area contributed by atoms with Gasteiger partial charge >= 0.3 is 0 Å². The first-order valence-corrected chi connectivity index (χ1v) is 8.20.